The molecule has 5 heteroatoms. The van der Waals surface area contributed by atoms with E-state index in [9.17, 15) is 4.79 Å². The van der Waals surface area contributed by atoms with Crippen LogP contribution in [-0.2, 0) is 6.54 Å². The first-order valence-electron chi connectivity index (χ1n) is 6.40. The average Bonchev–Trinajstić information content (AvgIpc) is 2.53. The molecule has 1 N–H and O–H groups in total. The summed E-state index contributed by atoms with van der Waals surface area (Å²) < 4.78 is 1.70. The van der Waals surface area contributed by atoms with Crippen LogP contribution in [-0.4, -0.2) is 21.7 Å². The predicted octanol–water partition coefficient (Wildman–Crippen LogP) is 3.03. The molecule has 1 unspecified atom stereocenters. The van der Waals surface area contributed by atoms with Gasteiger partial charge >= 0.3 is 0 Å². The van der Waals surface area contributed by atoms with E-state index in [2.05, 4.69) is 24.3 Å². The van der Waals surface area contributed by atoms with Gasteiger partial charge in [0.1, 0.15) is 5.15 Å². The van der Waals surface area contributed by atoms with E-state index in [1.165, 1.54) is 0 Å². The maximum absolute atomic E-state index is 12.1. The van der Waals surface area contributed by atoms with Crippen LogP contribution < -0.4 is 5.32 Å². The zero-order chi connectivity index (χ0) is 13.9. The van der Waals surface area contributed by atoms with E-state index in [1.54, 1.807) is 4.68 Å². The van der Waals surface area contributed by atoms with Crippen LogP contribution in [0.15, 0.2) is 0 Å². The molecular formula is C13H22ClN3O. The average molecular weight is 272 g/mol. The Morgan fingerprint density at radius 2 is 2.06 bits per heavy atom. The smallest absolute Gasteiger partial charge is 0.256 e. The van der Waals surface area contributed by atoms with Gasteiger partial charge in [0.2, 0.25) is 0 Å². The van der Waals surface area contributed by atoms with Gasteiger partial charge in [0, 0.05) is 12.6 Å². The van der Waals surface area contributed by atoms with Crippen LogP contribution in [0.3, 0.4) is 0 Å². The van der Waals surface area contributed by atoms with Gasteiger partial charge in [-0.2, -0.15) is 5.10 Å². The molecule has 1 heterocycles. The normalized spacial score (nSPS) is 12.8. The van der Waals surface area contributed by atoms with Crippen molar-refractivity contribution in [2.75, 3.05) is 0 Å². The maximum atomic E-state index is 12.1. The molecule has 0 aliphatic carbocycles. The molecule has 0 bridgehead atoms. The Bertz CT molecular complexity index is 426. The fourth-order valence-electron chi connectivity index (χ4n) is 1.68. The monoisotopic (exact) mass is 271 g/mol. The number of amides is 1. The summed E-state index contributed by atoms with van der Waals surface area (Å²) in [5.74, 6) is 0.300. The van der Waals surface area contributed by atoms with Crippen LogP contribution in [0.1, 0.15) is 50.2 Å². The zero-order valence-corrected chi connectivity index (χ0v) is 12.5. The molecule has 102 valence electrons. The third-order valence-corrected chi connectivity index (χ3v) is 3.20. The Morgan fingerprint density at radius 1 is 1.44 bits per heavy atom. The van der Waals surface area contributed by atoms with Gasteiger partial charge in [-0.25, -0.2) is 0 Å². The molecule has 1 rings (SSSR count). The van der Waals surface area contributed by atoms with Crippen LogP contribution in [0.4, 0.5) is 0 Å². The van der Waals surface area contributed by atoms with Crippen molar-refractivity contribution in [3.05, 3.63) is 16.4 Å². The minimum absolute atomic E-state index is 0.137. The van der Waals surface area contributed by atoms with E-state index in [0.717, 1.165) is 13.0 Å². The van der Waals surface area contributed by atoms with Crippen molar-refractivity contribution in [1.82, 2.24) is 15.1 Å². The Hall–Kier alpha value is -1.03. The summed E-state index contributed by atoms with van der Waals surface area (Å²) >= 11 is 6.23. The van der Waals surface area contributed by atoms with E-state index in [-0.39, 0.29) is 11.9 Å². The van der Waals surface area contributed by atoms with Gasteiger partial charge in [0.15, 0.2) is 0 Å². The Balaban J connectivity index is 2.95. The highest BCUT2D eigenvalue weighted by atomic mass is 35.5. The van der Waals surface area contributed by atoms with Crippen molar-refractivity contribution in [2.24, 2.45) is 5.92 Å². The first-order valence-corrected chi connectivity index (χ1v) is 6.78. The van der Waals surface area contributed by atoms with E-state index >= 15 is 0 Å². The van der Waals surface area contributed by atoms with Crippen molar-refractivity contribution in [2.45, 2.75) is 53.6 Å². The minimum Gasteiger partial charge on any atom is -0.349 e. The van der Waals surface area contributed by atoms with Gasteiger partial charge in [-0.05, 0) is 26.2 Å². The first-order chi connectivity index (χ1) is 8.36. The molecule has 0 radical (unpaired) electrons. The second-order valence-corrected chi connectivity index (χ2v) is 5.47. The van der Waals surface area contributed by atoms with E-state index in [0.29, 0.717) is 22.3 Å². The lowest BCUT2D eigenvalue weighted by Crippen LogP contribution is -2.32. The quantitative estimate of drug-likeness (QED) is 0.895. The summed E-state index contributed by atoms with van der Waals surface area (Å²) in [6.07, 6.45) is 0.891. The number of aromatic nitrogens is 2. The Kier molecular flexibility index (Phi) is 5.20. The van der Waals surface area contributed by atoms with Gasteiger partial charge in [-0.15, -0.1) is 0 Å². The number of aryl methyl sites for hydroxylation is 1. The van der Waals surface area contributed by atoms with Crippen molar-refractivity contribution in [3.63, 3.8) is 0 Å². The van der Waals surface area contributed by atoms with Crippen molar-refractivity contribution in [1.29, 1.82) is 0 Å². The fourth-order valence-corrected chi connectivity index (χ4v) is 2.01. The molecule has 1 aromatic rings. The molecule has 4 nitrogen and oxygen atoms in total. The molecule has 1 atom stereocenters. The van der Waals surface area contributed by atoms with E-state index < -0.39 is 0 Å². The number of hydrogen-bond donors (Lipinski definition) is 1. The topological polar surface area (TPSA) is 46.9 Å². The van der Waals surface area contributed by atoms with Gasteiger partial charge in [-0.1, -0.05) is 32.4 Å². The number of halogens is 1. The molecule has 1 amide bonds. The Labute approximate surface area is 114 Å². The van der Waals surface area contributed by atoms with Crippen molar-refractivity contribution in [3.8, 4) is 0 Å². The van der Waals surface area contributed by atoms with Crippen LogP contribution in [0.2, 0.25) is 5.15 Å². The molecule has 1 aromatic heterocycles. The highest BCUT2D eigenvalue weighted by Gasteiger charge is 2.21. The number of nitrogens with one attached hydrogen (secondary N) is 1. The van der Waals surface area contributed by atoms with Crippen LogP contribution >= 0.6 is 11.6 Å². The lowest BCUT2D eigenvalue weighted by atomic mass is 10.2. The van der Waals surface area contributed by atoms with Crippen LogP contribution in [0.5, 0.6) is 0 Å². The number of carbonyl (C=O) groups excluding carboxylic acids is 1. The second-order valence-electron chi connectivity index (χ2n) is 5.11. The lowest BCUT2D eigenvalue weighted by molar-refractivity contribution is 0.0938. The summed E-state index contributed by atoms with van der Waals surface area (Å²) in [6, 6.07) is 0.140. The molecule has 0 saturated carbocycles. The molecule has 0 fully saturated rings. The van der Waals surface area contributed by atoms with E-state index in [4.69, 9.17) is 11.6 Å². The third kappa shape index (κ3) is 3.48. The van der Waals surface area contributed by atoms with Crippen LogP contribution in [0, 0.1) is 12.8 Å². The number of hydrogen-bond acceptors (Lipinski definition) is 2. The molecule has 0 aromatic carbocycles. The Morgan fingerprint density at radius 3 is 2.56 bits per heavy atom. The molecule has 0 aliphatic rings. The summed E-state index contributed by atoms with van der Waals surface area (Å²) in [4.78, 5) is 12.1. The lowest BCUT2D eigenvalue weighted by Gasteiger charge is -2.11. The number of rotatable bonds is 5. The molecule has 0 spiro atoms. The standard InChI is InChI=1S/C13H22ClN3O/c1-6-9(4)15-13(18)11-10(5)16-17(12(11)14)7-8(2)3/h8-9H,6-7H2,1-5H3,(H,15,18). The van der Waals surface area contributed by atoms with Gasteiger partial charge < -0.3 is 5.32 Å². The SMILES string of the molecule is CCC(C)NC(=O)c1c(C)nn(CC(C)C)c1Cl. The third-order valence-electron chi connectivity index (χ3n) is 2.82. The predicted molar refractivity (Wildman–Crippen MR) is 74.0 cm³/mol. The van der Waals surface area contributed by atoms with Gasteiger partial charge in [-0.3, -0.25) is 9.48 Å². The summed E-state index contributed by atoms with van der Waals surface area (Å²) in [7, 11) is 0. The zero-order valence-electron chi connectivity index (χ0n) is 11.7. The second kappa shape index (κ2) is 6.23. The van der Waals surface area contributed by atoms with Crippen LogP contribution in [0.25, 0.3) is 0 Å². The highest BCUT2D eigenvalue weighted by Crippen LogP contribution is 2.21. The van der Waals surface area contributed by atoms with Crippen molar-refractivity contribution < 1.29 is 4.79 Å². The highest BCUT2D eigenvalue weighted by molar-refractivity contribution is 6.33. The number of carbonyl (C=O) groups is 1. The maximum Gasteiger partial charge on any atom is 0.256 e. The fraction of sp³-hybridized carbons (Fsp3) is 0.692. The molecule has 0 aliphatic heterocycles. The van der Waals surface area contributed by atoms with E-state index in [1.807, 2.05) is 20.8 Å². The molecule has 18 heavy (non-hydrogen) atoms. The van der Waals surface area contributed by atoms with Gasteiger partial charge in [0.25, 0.3) is 5.91 Å². The largest absolute Gasteiger partial charge is 0.349 e. The first kappa shape index (κ1) is 15.0. The molecular weight excluding hydrogens is 250 g/mol. The number of nitrogens with zero attached hydrogens (tertiary/aromatic N) is 2. The van der Waals surface area contributed by atoms with Crippen molar-refractivity contribution >= 4 is 17.5 Å². The van der Waals surface area contributed by atoms with Gasteiger partial charge in [0.05, 0.1) is 11.3 Å². The minimum atomic E-state index is -0.137. The summed E-state index contributed by atoms with van der Waals surface area (Å²) in [5, 5.41) is 7.68. The molecule has 0 saturated heterocycles. The summed E-state index contributed by atoms with van der Waals surface area (Å²) in [5.41, 5.74) is 1.18. The summed E-state index contributed by atoms with van der Waals surface area (Å²) in [6.45, 7) is 10.7.